The molecule has 0 fully saturated rings. The number of ether oxygens (including phenoxy) is 1. The third kappa shape index (κ3) is 3.10. The number of hydrogen-bond donors (Lipinski definition) is 2. The normalized spacial score (nSPS) is 9.89. The van der Waals surface area contributed by atoms with Gasteiger partial charge < -0.3 is 15.4 Å². The van der Waals surface area contributed by atoms with Gasteiger partial charge in [-0.05, 0) is 19.1 Å². The molecule has 0 saturated heterocycles. The van der Waals surface area contributed by atoms with Crippen molar-refractivity contribution in [2.75, 3.05) is 24.3 Å². The molecule has 0 bridgehead atoms. The smallest absolute Gasteiger partial charge is 0.135 e. The molecular formula is C13H16N4O. The zero-order valence-electron chi connectivity index (χ0n) is 10.5. The van der Waals surface area contributed by atoms with E-state index in [1.54, 1.807) is 7.11 Å². The Morgan fingerprint density at radius 2 is 2.00 bits per heavy atom. The minimum atomic E-state index is 0.745. The van der Waals surface area contributed by atoms with Gasteiger partial charge in [-0.15, -0.1) is 0 Å². The van der Waals surface area contributed by atoms with Gasteiger partial charge in [0, 0.05) is 24.4 Å². The van der Waals surface area contributed by atoms with Crippen LogP contribution in [0.4, 0.5) is 17.3 Å². The quantitative estimate of drug-likeness (QED) is 0.846. The monoisotopic (exact) mass is 244 g/mol. The fraction of sp³-hybridized carbons (Fsp3) is 0.231. The second-order valence-electron chi connectivity index (χ2n) is 3.68. The van der Waals surface area contributed by atoms with Crippen LogP contribution in [0.15, 0.2) is 36.7 Å². The van der Waals surface area contributed by atoms with E-state index in [4.69, 9.17) is 4.74 Å². The lowest BCUT2D eigenvalue weighted by Gasteiger charge is -2.08. The molecule has 5 nitrogen and oxygen atoms in total. The zero-order valence-corrected chi connectivity index (χ0v) is 10.5. The number of methoxy groups -OCH3 is 1. The second-order valence-corrected chi connectivity index (χ2v) is 3.68. The largest absolute Gasteiger partial charge is 0.497 e. The number of anilines is 3. The average Bonchev–Trinajstić information content (AvgIpc) is 2.40. The summed E-state index contributed by atoms with van der Waals surface area (Å²) in [6, 6.07) is 9.55. The van der Waals surface area contributed by atoms with E-state index < -0.39 is 0 Å². The van der Waals surface area contributed by atoms with Crippen LogP contribution in [0.25, 0.3) is 0 Å². The van der Waals surface area contributed by atoms with Crippen molar-refractivity contribution in [1.82, 2.24) is 9.97 Å². The summed E-state index contributed by atoms with van der Waals surface area (Å²) in [4.78, 5) is 8.29. The summed E-state index contributed by atoms with van der Waals surface area (Å²) >= 11 is 0. The van der Waals surface area contributed by atoms with Gasteiger partial charge in [-0.1, -0.05) is 6.07 Å². The van der Waals surface area contributed by atoms with Crippen LogP contribution >= 0.6 is 0 Å². The third-order valence-corrected chi connectivity index (χ3v) is 2.37. The minimum Gasteiger partial charge on any atom is -0.497 e. The van der Waals surface area contributed by atoms with Crippen LogP contribution in [-0.4, -0.2) is 23.6 Å². The standard InChI is InChI=1S/C13H16N4O/c1-3-14-12-8-13(16-9-15-12)17-10-5-4-6-11(7-10)18-2/h4-9H,3H2,1-2H3,(H2,14,15,16,17). The topological polar surface area (TPSA) is 59.1 Å². The molecule has 0 radical (unpaired) electrons. The lowest BCUT2D eigenvalue weighted by Crippen LogP contribution is -2.01. The lowest BCUT2D eigenvalue weighted by molar-refractivity contribution is 0.415. The maximum absolute atomic E-state index is 5.17. The van der Waals surface area contributed by atoms with E-state index >= 15 is 0 Å². The van der Waals surface area contributed by atoms with Gasteiger partial charge in [0.1, 0.15) is 23.7 Å². The van der Waals surface area contributed by atoms with Gasteiger partial charge in [-0.3, -0.25) is 0 Å². The lowest BCUT2D eigenvalue weighted by atomic mass is 10.3. The molecule has 0 spiro atoms. The Hall–Kier alpha value is -2.30. The van der Waals surface area contributed by atoms with Gasteiger partial charge in [-0.2, -0.15) is 0 Å². The molecule has 5 heteroatoms. The molecule has 0 saturated carbocycles. The Bertz CT molecular complexity index is 516. The van der Waals surface area contributed by atoms with Crippen molar-refractivity contribution in [3.8, 4) is 5.75 Å². The average molecular weight is 244 g/mol. The van der Waals surface area contributed by atoms with Crippen molar-refractivity contribution >= 4 is 17.3 Å². The number of aromatic nitrogens is 2. The van der Waals surface area contributed by atoms with Crippen LogP contribution in [0.1, 0.15) is 6.92 Å². The highest BCUT2D eigenvalue weighted by molar-refractivity contribution is 5.60. The van der Waals surface area contributed by atoms with Gasteiger partial charge in [0.05, 0.1) is 7.11 Å². The van der Waals surface area contributed by atoms with Gasteiger partial charge in [-0.25, -0.2) is 9.97 Å². The van der Waals surface area contributed by atoms with E-state index in [0.29, 0.717) is 0 Å². The molecular weight excluding hydrogens is 228 g/mol. The zero-order chi connectivity index (χ0) is 12.8. The molecule has 1 heterocycles. The molecule has 0 unspecified atom stereocenters. The number of nitrogens with one attached hydrogen (secondary N) is 2. The summed E-state index contributed by atoms with van der Waals surface area (Å²) in [7, 11) is 1.65. The van der Waals surface area contributed by atoms with E-state index in [1.807, 2.05) is 37.3 Å². The van der Waals surface area contributed by atoms with Crippen molar-refractivity contribution in [3.05, 3.63) is 36.7 Å². The van der Waals surface area contributed by atoms with Crippen LogP contribution in [0, 0.1) is 0 Å². The second kappa shape index (κ2) is 5.86. The van der Waals surface area contributed by atoms with Crippen LogP contribution in [0.2, 0.25) is 0 Å². The van der Waals surface area contributed by atoms with Crippen molar-refractivity contribution in [2.24, 2.45) is 0 Å². The number of nitrogens with zero attached hydrogens (tertiary/aromatic N) is 2. The molecule has 2 aromatic rings. The van der Waals surface area contributed by atoms with Crippen LogP contribution < -0.4 is 15.4 Å². The van der Waals surface area contributed by atoms with Crippen LogP contribution in [0.3, 0.4) is 0 Å². The fourth-order valence-electron chi connectivity index (χ4n) is 1.55. The molecule has 0 aliphatic heterocycles. The Labute approximate surface area is 106 Å². The molecule has 1 aromatic heterocycles. The number of hydrogen-bond acceptors (Lipinski definition) is 5. The molecule has 0 atom stereocenters. The van der Waals surface area contributed by atoms with E-state index in [2.05, 4.69) is 20.6 Å². The van der Waals surface area contributed by atoms with Gasteiger partial charge in [0.2, 0.25) is 0 Å². The SMILES string of the molecule is CCNc1cc(Nc2cccc(OC)c2)ncn1. The van der Waals surface area contributed by atoms with Gasteiger partial charge >= 0.3 is 0 Å². The fourth-order valence-corrected chi connectivity index (χ4v) is 1.55. The summed E-state index contributed by atoms with van der Waals surface area (Å²) in [5.74, 6) is 2.35. The first-order chi connectivity index (χ1) is 8.81. The van der Waals surface area contributed by atoms with Gasteiger partial charge in [0.15, 0.2) is 0 Å². The molecule has 0 amide bonds. The Morgan fingerprint density at radius 1 is 1.17 bits per heavy atom. The Balaban J connectivity index is 2.14. The first kappa shape index (κ1) is 12.2. The first-order valence-corrected chi connectivity index (χ1v) is 5.79. The molecule has 2 N–H and O–H groups in total. The Morgan fingerprint density at radius 3 is 2.78 bits per heavy atom. The maximum Gasteiger partial charge on any atom is 0.135 e. The van der Waals surface area contributed by atoms with Crippen molar-refractivity contribution in [3.63, 3.8) is 0 Å². The van der Waals surface area contributed by atoms with Gasteiger partial charge in [0.25, 0.3) is 0 Å². The maximum atomic E-state index is 5.17. The van der Waals surface area contributed by atoms with E-state index in [0.717, 1.165) is 29.6 Å². The third-order valence-electron chi connectivity index (χ3n) is 2.37. The molecule has 2 rings (SSSR count). The summed E-state index contributed by atoms with van der Waals surface area (Å²) in [6.07, 6.45) is 1.53. The highest BCUT2D eigenvalue weighted by Gasteiger charge is 2.00. The number of rotatable bonds is 5. The van der Waals surface area contributed by atoms with E-state index in [1.165, 1.54) is 6.33 Å². The summed E-state index contributed by atoms with van der Waals surface area (Å²) < 4.78 is 5.17. The van der Waals surface area contributed by atoms with E-state index in [9.17, 15) is 0 Å². The van der Waals surface area contributed by atoms with Crippen molar-refractivity contribution in [2.45, 2.75) is 6.92 Å². The molecule has 18 heavy (non-hydrogen) atoms. The molecule has 0 aliphatic rings. The first-order valence-electron chi connectivity index (χ1n) is 5.79. The van der Waals surface area contributed by atoms with Crippen LogP contribution in [-0.2, 0) is 0 Å². The predicted octanol–water partition coefficient (Wildman–Crippen LogP) is 2.66. The summed E-state index contributed by atoms with van der Waals surface area (Å²) in [6.45, 7) is 2.85. The molecule has 1 aromatic carbocycles. The van der Waals surface area contributed by atoms with Crippen molar-refractivity contribution < 1.29 is 4.74 Å². The molecule has 94 valence electrons. The number of benzene rings is 1. The van der Waals surface area contributed by atoms with Crippen LogP contribution in [0.5, 0.6) is 5.75 Å². The highest BCUT2D eigenvalue weighted by Crippen LogP contribution is 2.20. The minimum absolute atomic E-state index is 0.745. The van der Waals surface area contributed by atoms with E-state index in [-0.39, 0.29) is 0 Å². The summed E-state index contributed by atoms with van der Waals surface area (Å²) in [5, 5.41) is 6.35. The summed E-state index contributed by atoms with van der Waals surface area (Å²) in [5.41, 5.74) is 0.926. The van der Waals surface area contributed by atoms with Crippen molar-refractivity contribution in [1.29, 1.82) is 0 Å². The molecule has 0 aliphatic carbocycles. The Kier molecular flexibility index (Phi) is 3.96. The predicted molar refractivity (Wildman–Crippen MR) is 72.5 cm³/mol. The highest BCUT2D eigenvalue weighted by atomic mass is 16.5.